The van der Waals surface area contributed by atoms with Crippen LogP contribution in [-0.4, -0.2) is 25.2 Å². The third-order valence-corrected chi connectivity index (χ3v) is 1.39. The van der Waals surface area contributed by atoms with E-state index >= 15 is 0 Å². The number of halogens is 1. The van der Waals surface area contributed by atoms with Crippen molar-refractivity contribution in [3.05, 3.63) is 25.1 Å². The molecule has 0 aromatic rings. The summed E-state index contributed by atoms with van der Waals surface area (Å²) in [5, 5.41) is 0. The molecule has 0 amide bonds. The van der Waals surface area contributed by atoms with Crippen molar-refractivity contribution in [2.75, 3.05) is 20.3 Å². The molecule has 2 nitrogen and oxygen atoms in total. The fraction of sp³-hybridized carbons (Fsp3) is 0.429. The van der Waals surface area contributed by atoms with Crippen molar-refractivity contribution in [2.24, 2.45) is 0 Å². The maximum atomic E-state index is 3.66. The lowest BCUT2D eigenvalue weighted by Crippen LogP contribution is -3.03. The number of rotatable bonds is 2. The van der Waals surface area contributed by atoms with Crippen LogP contribution in [0.25, 0.3) is 0 Å². The summed E-state index contributed by atoms with van der Waals surface area (Å²) in [6.07, 6.45) is 6.17. The van der Waals surface area contributed by atoms with Crippen molar-refractivity contribution in [3.8, 4) is 0 Å². The molecule has 0 fully saturated rings. The first-order valence-corrected chi connectivity index (χ1v) is 3.18. The highest BCUT2D eigenvalue weighted by Gasteiger charge is 2.09. The van der Waals surface area contributed by atoms with Crippen molar-refractivity contribution in [2.45, 2.75) is 0 Å². The summed E-state index contributed by atoms with van der Waals surface area (Å²) < 4.78 is 0. The second-order valence-corrected chi connectivity index (χ2v) is 2.38. The number of hydrogen-bond donors (Lipinski definition) is 1. The van der Waals surface area contributed by atoms with Crippen LogP contribution in [0.2, 0.25) is 0 Å². The Labute approximate surface area is 72.6 Å². The van der Waals surface area contributed by atoms with Gasteiger partial charge in [0.25, 0.3) is 0 Å². The van der Waals surface area contributed by atoms with E-state index in [1.54, 1.807) is 0 Å². The van der Waals surface area contributed by atoms with Crippen molar-refractivity contribution in [1.29, 1.82) is 0 Å². The monoisotopic (exact) mass is 204 g/mol. The summed E-state index contributed by atoms with van der Waals surface area (Å²) in [6.45, 7) is 5.71. The Hall–Kier alpha value is -0.280. The lowest BCUT2D eigenvalue weighted by atomic mass is 10.6. The summed E-state index contributed by atoms with van der Waals surface area (Å²) in [5.74, 6) is 0. The molecule has 58 valence electrons. The topological polar surface area (TPSA) is 7.68 Å². The van der Waals surface area contributed by atoms with Crippen LogP contribution >= 0.6 is 0 Å². The number of hydrogen-bond acceptors (Lipinski definition) is 1. The van der Waals surface area contributed by atoms with E-state index in [4.69, 9.17) is 0 Å². The molecule has 0 bridgehead atoms. The zero-order valence-electron chi connectivity index (χ0n) is 6.18. The van der Waals surface area contributed by atoms with Gasteiger partial charge in [0.1, 0.15) is 6.20 Å². The molecule has 3 heteroatoms. The van der Waals surface area contributed by atoms with Crippen LogP contribution in [-0.2, 0) is 0 Å². The van der Waals surface area contributed by atoms with E-state index in [9.17, 15) is 0 Å². The normalized spacial score (nSPS) is 22.5. The lowest BCUT2D eigenvalue weighted by Gasteiger charge is -2.10. The number of quaternary nitrogens is 1. The molecule has 10 heavy (non-hydrogen) atoms. The Balaban J connectivity index is 0.000000810. The predicted molar refractivity (Wildman–Crippen MR) is 37.8 cm³/mol. The van der Waals surface area contributed by atoms with Gasteiger partial charge in [-0.15, -0.1) is 6.58 Å². The molecule has 1 N–H and O–H groups in total. The van der Waals surface area contributed by atoms with Gasteiger partial charge in [-0.05, 0) is 0 Å². The molecule has 1 aliphatic rings. The molecule has 0 aromatic carbocycles. The summed E-state index contributed by atoms with van der Waals surface area (Å²) in [7, 11) is 2.14. The zero-order valence-corrected chi connectivity index (χ0v) is 7.76. The quantitative estimate of drug-likeness (QED) is 0.458. The third kappa shape index (κ3) is 2.54. The van der Waals surface area contributed by atoms with Gasteiger partial charge in [0, 0.05) is 6.54 Å². The van der Waals surface area contributed by atoms with Gasteiger partial charge >= 0.3 is 0 Å². The molecular formula is C7H13BrN2. The largest absolute Gasteiger partial charge is 1.00 e. The minimum atomic E-state index is 0. The van der Waals surface area contributed by atoms with E-state index in [0.717, 1.165) is 13.2 Å². The Kier molecular flexibility index (Phi) is 4.40. The number of nitrogens with zero attached hydrogens (tertiary/aromatic N) is 1. The minimum Gasteiger partial charge on any atom is -1.00 e. The average molecular weight is 205 g/mol. The van der Waals surface area contributed by atoms with Gasteiger partial charge in [-0.2, -0.15) is 0 Å². The highest BCUT2D eigenvalue weighted by Crippen LogP contribution is 1.87. The van der Waals surface area contributed by atoms with E-state index in [-0.39, 0.29) is 17.0 Å². The highest BCUT2D eigenvalue weighted by molar-refractivity contribution is 4.83. The fourth-order valence-corrected chi connectivity index (χ4v) is 0.950. The van der Waals surface area contributed by atoms with Crippen LogP contribution in [0.5, 0.6) is 0 Å². The average Bonchev–Trinajstić information content (AvgIpc) is 2.17. The SMILES string of the molecule is C=CCN1C=C[NH+](C)C1.[Br-]. The molecule has 0 radical (unpaired) electrons. The van der Waals surface area contributed by atoms with E-state index < -0.39 is 0 Å². The number of nitrogens with one attached hydrogen (secondary N) is 1. The summed E-state index contributed by atoms with van der Waals surface area (Å²) in [4.78, 5) is 3.65. The first kappa shape index (κ1) is 9.72. The maximum Gasteiger partial charge on any atom is 0.157 e. The molecule has 1 aliphatic heterocycles. The molecule has 0 saturated heterocycles. The molecule has 0 aliphatic carbocycles. The van der Waals surface area contributed by atoms with Crippen molar-refractivity contribution >= 4 is 0 Å². The van der Waals surface area contributed by atoms with Crippen molar-refractivity contribution < 1.29 is 21.9 Å². The van der Waals surface area contributed by atoms with Crippen LogP contribution < -0.4 is 21.9 Å². The van der Waals surface area contributed by atoms with Crippen LogP contribution in [0.3, 0.4) is 0 Å². The molecule has 1 unspecified atom stereocenters. The third-order valence-electron chi connectivity index (χ3n) is 1.39. The second-order valence-electron chi connectivity index (χ2n) is 2.38. The summed E-state index contributed by atoms with van der Waals surface area (Å²) in [5.41, 5.74) is 0. The fourth-order valence-electron chi connectivity index (χ4n) is 0.950. The standard InChI is InChI=1S/C7H12N2.BrH/c1-3-4-9-6-5-8(2)7-9;/h3,5-6H,1,4,7H2,2H3;1H. The highest BCUT2D eigenvalue weighted by atomic mass is 79.9. The predicted octanol–water partition coefficient (Wildman–Crippen LogP) is -3.56. The molecule has 0 saturated carbocycles. The van der Waals surface area contributed by atoms with Gasteiger partial charge in [-0.1, -0.05) is 6.08 Å². The van der Waals surface area contributed by atoms with Crippen LogP contribution in [0.1, 0.15) is 0 Å². The molecule has 0 spiro atoms. The van der Waals surface area contributed by atoms with E-state index in [1.807, 2.05) is 6.08 Å². The maximum absolute atomic E-state index is 3.66. The summed E-state index contributed by atoms with van der Waals surface area (Å²) in [6, 6.07) is 0. The van der Waals surface area contributed by atoms with Gasteiger partial charge < -0.3 is 21.9 Å². The van der Waals surface area contributed by atoms with Crippen LogP contribution in [0, 0.1) is 0 Å². The minimum absolute atomic E-state index is 0. The van der Waals surface area contributed by atoms with Gasteiger partial charge in [-0.25, -0.2) is 0 Å². The zero-order chi connectivity index (χ0) is 6.69. The molecule has 1 heterocycles. The first-order valence-electron chi connectivity index (χ1n) is 3.18. The Morgan fingerprint density at radius 3 is 2.90 bits per heavy atom. The Morgan fingerprint density at radius 2 is 2.50 bits per heavy atom. The van der Waals surface area contributed by atoms with Gasteiger partial charge in [-0.3, -0.25) is 4.90 Å². The van der Waals surface area contributed by atoms with Gasteiger partial charge in [0.2, 0.25) is 0 Å². The van der Waals surface area contributed by atoms with E-state index in [1.165, 1.54) is 4.90 Å². The van der Waals surface area contributed by atoms with Crippen molar-refractivity contribution in [1.82, 2.24) is 4.90 Å². The lowest BCUT2D eigenvalue weighted by molar-refractivity contribution is -0.826. The first-order chi connectivity index (χ1) is 4.33. The molecule has 1 atom stereocenters. The second kappa shape index (κ2) is 4.52. The summed E-state index contributed by atoms with van der Waals surface area (Å²) >= 11 is 0. The van der Waals surface area contributed by atoms with Crippen LogP contribution in [0.15, 0.2) is 25.1 Å². The van der Waals surface area contributed by atoms with E-state index in [2.05, 4.69) is 30.9 Å². The molecule has 1 rings (SSSR count). The van der Waals surface area contributed by atoms with Gasteiger partial charge in [0.15, 0.2) is 6.67 Å². The van der Waals surface area contributed by atoms with Crippen LogP contribution in [0.4, 0.5) is 0 Å². The molecular weight excluding hydrogens is 192 g/mol. The van der Waals surface area contributed by atoms with Gasteiger partial charge in [0.05, 0.1) is 13.2 Å². The Bertz CT molecular complexity index is 134. The molecule has 0 aromatic heterocycles. The smallest absolute Gasteiger partial charge is 0.157 e. The van der Waals surface area contributed by atoms with Crippen molar-refractivity contribution in [3.63, 3.8) is 0 Å². The van der Waals surface area contributed by atoms with E-state index in [0.29, 0.717) is 0 Å². The Morgan fingerprint density at radius 1 is 1.80 bits per heavy atom.